The summed E-state index contributed by atoms with van der Waals surface area (Å²) in [5.74, 6) is 0. The maximum atomic E-state index is 2.44. The van der Waals surface area contributed by atoms with E-state index in [1.807, 2.05) is 0 Å². The quantitative estimate of drug-likeness (QED) is 0.133. The number of hydrogen-bond acceptors (Lipinski definition) is 1. The Balaban J connectivity index is 0.866. The van der Waals surface area contributed by atoms with Crippen LogP contribution in [-0.4, -0.2) is 9.13 Å². The van der Waals surface area contributed by atoms with Gasteiger partial charge < -0.3 is 14.0 Å². The van der Waals surface area contributed by atoms with Gasteiger partial charge in [-0.2, -0.15) is 0 Å². The summed E-state index contributed by atoms with van der Waals surface area (Å²) in [5.41, 5.74) is 22.1. The lowest BCUT2D eigenvalue weighted by molar-refractivity contribution is 1.17. The average molecular weight is 956 g/mol. The molecule has 0 N–H and O–H groups in total. The maximum Gasteiger partial charge on any atom is 0.0547 e. The van der Waals surface area contributed by atoms with Gasteiger partial charge in [-0.25, -0.2) is 0 Å². The summed E-state index contributed by atoms with van der Waals surface area (Å²) in [5, 5.41) is 4.90. The van der Waals surface area contributed by atoms with Gasteiger partial charge in [-0.3, -0.25) is 0 Å². The van der Waals surface area contributed by atoms with Gasteiger partial charge in [-0.1, -0.05) is 200 Å². The molecule has 14 rings (SSSR count). The van der Waals surface area contributed by atoms with Gasteiger partial charge in [-0.15, -0.1) is 0 Å². The molecule has 12 aromatic carbocycles. The van der Waals surface area contributed by atoms with Crippen molar-refractivity contribution in [2.75, 3.05) is 4.90 Å². The summed E-state index contributed by atoms with van der Waals surface area (Å²) in [6.45, 7) is 0. The first-order chi connectivity index (χ1) is 37.2. The van der Waals surface area contributed by atoms with E-state index in [-0.39, 0.29) is 0 Å². The molecule has 2 heterocycles. The highest BCUT2D eigenvalue weighted by Crippen LogP contribution is 2.42. The molecule has 0 saturated heterocycles. The monoisotopic (exact) mass is 955 g/mol. The van der Waals surface area contributed by atoms with Gasteiger partial charge in [0.2, 0.25) is 0 Å². The minimum Gasteiger partial charge on any atom is -0.311 e. The van der Waals surface area contributed by atoms with Crippen LogP contribution < -0.4 is 4.90 Å². The van der Waals surface area contributed by atoms with Gasteiger partial charge in [-0.05, 0) is 153 Å². The Morgan fingerprint density at radius 2 is 0.533 bits per heavy atom. The standard InChI is InChI=1S/C72H49N3/c1-5-17-50(18-6-1)54-29-35-60(36-30-54)73(61-37-31-55(32-38-61)51-19-7-2-8-20-51)62-39-41-63(42-40-62)74-69-27-15-13-25-65(69)67-43-33-57(49-72(67)74)56-34-44-71-68(48-56)66-26-14-16-28-70(66)75(71)64-46-58(52-21-9-3-10-22-52)45-59(47-64)53-23-11-4-12-24-53/h1-49H. The molecule has 75 heavy (non-hydrogen) atoms. The predicted molar refractivity (Wildman–Crippen MR) is 317 cm³/mol. The fourth-order valence-electron chi connectivity index (χ4n) is 11.3. The van der Waals surface area contributed by atoms with E-state index in [1.165, 1.54) is 99.2 Å². The van der Waals surface area contributed by atoms with Crippen LogP contribution in [0.1, 0.15) is 0 Å². The van der Waals surface area contributed by atoms with E-state index in [2.05, 4.69) is 311 Å². The van der Waals surface area contributed by atoms with Crippen molar-refractivity contribution in [2.24, 2.45) is 0 Å². The van der Waals surface area contributed by atoms with E-state index in [4.69, 9.17) is 0 Å². The molecule has 0 aliphatic heterocycles. The third-order valence-corrected chi connectivity index (χ3v) is 14.9. The Bertz CT molecular complexity index is 4210. The number of anilines is 3. The highest BCUT2D eigenvalue weighted by atomic mass is 15.1. The number of aromatic nitrogens is 2. The van der Waals surface area contributed by atoms with E-state index < -0.39 is 0 Å². The fourth-order valence-corrected chi connectivity index (χ4v) is 11.3. The molecular weight excluding hydrogens is 907 g/mol. The average Bonchev–Trinajstić information content (AvgIpc) is 4.03. The Labute approximate surface area is 436 Å². The Morgan fingerprint density at radius 1 is 0.187 bits per heavy atom. The van der Waals surface area contributed by atoms with Crippen molar-refractivity contribution in [3.8, 4) is 67.0 Å². The zero-order valence-corrected chi connectivity index (χ0v) is 41.1. The molecule has 0 spiro atoms. The van der Waals surface area contributed by atoms with Crippen LogP contribution in [0.25, 0.3) is 111 Å². The van der Waals surface area contributed by atoms with Gasteiger partial charge >= 0.3 is 0 Å². The Morgan fingerprint density at radius 3 is 1.04 bits per heavy atom. The molecule has 0 saturated carbocycles. The SMILES string of the molecule is c1ccc(-c2ccc(N(c3ccc(-c4ccccc4)cc3)c3ccc(-n4c5ccccc5c5ccc(-c6ccc7c(c6)c6ccccc6n7-c6cc(-c7ccccc7)cc(-c7ccccc7)c6)cc54)cc3)cc2)cc1. The highest BCUT2D eigenvalue weighted by Gasteiger charge is 2.19. The largest absolute Gasteiger partial charge is 0.311 e. The maximum absolute atomic E-state index is 2.44. The van der Waals surface area contributed by atoms with E-state index in [9.17, 15) is 0 Å². The number of rotatable bonds is 10. The summed E-state index contributed by atoms with van der Waals surface area (Å²) >= 11 is 0. The number of benzene rings is 12. The highest BCUT2D eigenvalue weighted by molar-refractivity contribution is 6.12. The molecule has 0 radical (unpaired) electrons. The number of fused-ring (bicyclic) bond motifs is 6. The zero-order chi connectivity index (χ0) is 49.7. The summed E-state index contributed by atoms with van der Waals surface area (Å²) in [6.07, 6.45) is 0. The Kier molecular flexibility index (Phi) is 10.8. The van der Waals surface area contributed by atoms with E-state index in [1.54, 1.807) is 0 Å². The molecule has 0 aliphatic carbocycles. The molecular formula is C72H49N3. The third-order valence-electron chi connectivity index (χ3n) is 14.9. The lowest BCUT2D eigenvalue weighted by Crippen LogP contribution is -2.10. The van der Waals surface area contributed by atoms with Crippen molar-refractivity contribution in [1.29, 1.82) is 0 Å². The number of hydrogen-bond donors (Lipinski definition) is 0. The van der Waals surface area contributed by atoms with E-state index in [0.29, 0.717) is 0 Å². The fraction of sp³-hybridized carbons (Fsp3) is 0. The normalized spacial score (nSPS) is 11.5. The molecule has 0 amide bonds. The van der Waals surface area contributed by atoms with Gasteiger partial charge in [0.05, 0.1) is 22.1 Å². The molecule has 352 valence electrons. The minimum atomic E-state index is 1.08. The van der Waals surface area contributed by atoms with Crippen LogP contribution in [-0.2, 0) is 0 Å². The van der Waals surface area contributed by atoms with Crippen molar-refractivity contribution >= 4 is 60.7 Å². The second kappa shape index (κ2) is 18.6. The van der Waals surface area contributed by atoms with Gasteiger partial charge in [0.15, 0.2) is 0 Å². The van der Waals surface area contributed by atoms with Crippen molar-refractivity contribution in [2.45, 2.75) is 0 Å². The van der Waals surface area contributed by atoms with Crippen LogP contribution in [0.15, 0.2) is 297 Å². The zero-order valence-electron chi connectivity index (χ0n) is 41.1. The number of para-hydroxylation sites is 2. The molecule has 0 unspecified atom stereocenters. The predicted octanol–water partition coefficient (Wildman–Crippen LogP) is 19.7. The van der Waals surface area contributed by atoms with Crippen LogP contribution in [0.2, 0.25) is 0 Å². The molecule has 0 fully saturated rings. The van der Waals surface area contributed by atoms with Gasteiger partial charge in [0.25, 0.3) is 0 Å². The van der Waals surface area contributed by atoms with Crippen LogP contribution in [0, 0.1) is 0 Å². The molecule has 3 heteroatoms. The second-order valence-electron chi connectivity index (χ2n) is 19.3. The lowest BCUT2D eigenvalue weighted by atomic mass is 9.98. The van der Waals surface area contributed by atoms with Gasteiger partial charge in [0, 0.05) is 50.0 Å². The molecule has 14 aromatic rings. The summed E-state index contributed by atoms with van der Waals surface area (Å²) in [6, 6.07) is 108. The molecule has 0 atom stereocenters. The smallest absolute Gasteiger partial charge is 0.0547 e. The first-order valence-corrected chi connectivity index (χ1v) is 25.7. The van der Waals surface area contributed by atoms with Crippen molar-refractivity contribution in [1.82, 2.24) is 9.13 Å². The number of nitrogens with zero attached hydrogens (tertiary/aromatic N) is 3. The Hall–Kier alpha value is -9.96. The van der Waals surface area contributed by atoms with E-state index >= 15 is 0 Å². The molecule has 3 nitrogen and oxygen atoms in total. The van der Waals surface area contributed by atoms with Crippen molar-refractivity contribution in [3.63, 3.8) is 0 Å². The summed E-state index contributed by atoms with van der Waals surface area (Å²) in [4.78, 5) is 2.35. The first-order valence-electron chi connectivity index (χ1n) is 25.7. The molecule has 2 aromatic heterocycles. The van der Waals surface area contributed by atoms with Crippen LogP contribution in [0.4, 0.5) is 17.1 Å². The van der Waals surface area contributed by atoms with Crippen molar-refractivity contribution in [3.05, 3.63) is 297 Å². The van der Waals surface area contributed by atoms with Crippen LogP contribution in [0.3, 0.4) is 0 Å². The second-order valence-corrected chi connectivity index (χ2v) is 19.3. The third kappa shape index (κ3) is 7.95. The van der Waals surface area contributed by atoms with Gasteiger partial charge in [0.1, 0.15) is 0 Å². The topological polar surface area (TPSA) is 13.1 Å². The van der Waals surface area contributed by atoms with Crippen LogP contribution >= 0.6 is 0 Å². The lowest BCUT2D eigenvalue weighted by Gasteiger charge is -2.26. The summed E-state index contributed by atoms with van der Waals surface area (Å²) < 4.78 is 4.87. The molecule has 0 aliphatic rings. The van der Waals surface area contributed by atoms with E-state index in [0.717, 1.165) is 28.4 Å². The first kappa shape index (κ1) is 43.8. The summed E-state index contributed by atoms with van der Waals surface area (Å²) in [7, 11) is 0. The van der Waals surface area contributed by atoms with Crippen molar-refractivity contribution < 1.29 is 0 Å². The molecule has 0 bridgehead atoms. The van der Waals surface area contributed by atoms with Crippen LogP contribution in [0.5, 0.6) is 0 Å². The minimum absolute atomic E-state index is 1.08.